The number of rotatable bonds is 10. The minimum absolute atomic E-state index is 0.183. The van der Waals surface area contributed by atoms with Gasteiger partial charge in [-0.05, 0) is 43.2 Å². The number of nitrogen functional groups attached to an aromatic ring is 1. The first kappa shape index (κ1) is 24.8. The Morgan fingerprint density at radius 3 is 2.37 bits per heavy atom. The van der Waals surface area contributed by atoms with E-state index in [-0.39, 0.29) is 17.8 Å². The van der Waals surface area contributed by atoms with Crippen LogP contribution in [-0.4, -0.2) is 38.1 Å². The molecule has 35 heavy (non-hydrogen) atoms. The molecular formula is C26H29FN6OS. The molecule has 2 unspecified atom stereocenters. The fourth-order valence-electron chi connectivity index (χ4n) is 3.26. The van der Waals surface area contributed by atoms with Crippen LogP contribution in [0.25, 0.3) is 34.3 Å². The summed E-state index contributed by atoms with van der Waals surface area (Å²) in [6.45, 7) is 6.38. The molecule has 4 rings (SSSR count). The second kappa shape index (κ2) is 11.4. The third-order valence-corrected chi connectivity index (χ3v) is 6.86. The summed E-state index contributed by atoms with van der Waals surface area (Å²) >= 11 is 1.85. The largest absolute Gasteiger partial charge is 0.414 e. The lowest BCUT2D eigenvalue weighted by Gasteiger charge is -2.09. The number of nitrogens with one attached hydrogen (secondary N) is 1. The van der Waals surface area contributed by atoms with Crippen LogP contribution in [0.15, 0.2) is 64.0 Å². The number of alkyl halides is 1. The standard InChI is InChI=1S/C26H29FN6OS/c1-4-17(3)35-21-11-9-19(10-12-21)22-15-30-24(28)23(31-22)26-33-32-25(34-26)20-7-5-18(6-8-20)14-29-16(2)13-27/h5-12,15-17,29H,4,13-14H2,1-3H3,(H2,28,30). The fourth-order valence-corrected chi connectivity index (χ4v) is 4.19. The summed E-state index contributed by atoms with van der Waals surface area (Å²) in [5, 5.41) is 12.0. The van der Waals surface area contributed by atoms with Crippen molar-refractivity contribution in [3.05, 3.63) is 60.3 Å². The van der Waals surface area contributed by atoms with Crippen LogP contribution >= 0.6 is 11.8 Å². The Morgan fingerprint density at radius 1 is 1.00 bits per heavy atom. The summed E-state index contributed by atoms with van der Waals surface area (Å²) < 4.78 is 18.5. The molecule has 3 N–H and O–H groups in total. The molecule has 7 nitrogen and oxygen atoms in total. The second-order valence-corrected chi connectivity index (χ2v) is 9.91. The molecule has 0 aliphatic heterocycles. The third-order valence-electron chi connectivity index (χ3n) is 5.58. The van der Waals surface area contributed by atoms with Gasteiger partial charge in [-0.25, -0.2) is 14.4 Å². The number of nitrogens with zero attached hydrogens (tertiary/aromatic N) is 4. The Morgan fingerprint density at radius 2 is 1.69 bits per heavy atom. The summed E-state index contributed by atoms with van der Waals surface area (Å²) in [7, 11) is 0. The smallest absolute Gasteiger partial charge is 0.270 e. The number of benzene rings is 2. The highest BCUT2D eigenvalue weighted by molar-refractivity contribution is 7.99. The quantitative estimate of drug-likeness (QED) is 0.269. The topological polar surface area (TPSA) is 103 Å². The number of aromatic nitrogens is 4. The van der Waals surface area contributed by atoms with Crippen LogP contribution in [0, 0.1) is 0 Å². The fraction of sp³-hybridized carbons (Fsp3) is 0.308. The number of hydrogen-bond donors (Lipinski definition) is 2. The van der Waals surface area contributed by atoms with Crippen molar-refractivity contribution >= 4 is 17.6 Å². The predicted molar refractivity (Wildman–Crippen MR) is 138 cm³/mol. The van der Waals surface area contributed by atoms with E-state index < -0.39 is 6.67 Å². The van der Waals surface area contributed by atoms with Gasteiger partial charge in [-0.15, -0.1) is 22.0 Å². The summed E-state index contributed by atoms with van der Waals surface area (Å²) in [6, 6.07) is 15.7. The van der Waals surface area contributed by atoms with Crippen LogP contribution in [0.4, 0.5) is 10.2 Å². The van der Waals surface area contributed by atoms with E-state index in [1.165, 1.54) is 4.90 Å². The molecule has 0 bridgehead atoms. The Hall–Kier alpha value is -3.30. The van der Waals surface area contributed by atoms with Gasteiger partial charge in [-0.2, -0.15) is 0 Å². The molecule has 2 atom stereocenters. The zero-order valence-corrected chi connectivity index (χ0v) is 20.8. The van der Waals surface area contributed by atoms with Crippen molar-refractivity contribution in [3.63, 3.8) is 0 Å². The SMILES string of the molecule is CCC(C)Sc1ccc(-c2cnc(N)c(-c3nnc(-c4ccc(CNC(C)CF)cc4)o3)n2)cc1. The van der Waals surface area contributed by atoms with Crippen LogP contribution in [0.5, 0.6) is 0 Å². The summed E-state index contributed by atoms with van der Waals surface area (Å²) in [6.07, 6.45) is 2.76. The van der Waals surface area contributed by atoms with E-state index in [0.717, 1.165) is 23.1 Å². The first-order valence-electron chi connectivity index (χ1n) is 11.6. The first-order valence-corrected chi connectivity index (χ1v) is 12.5. The van der Waals surface area contributed by atoms with E-state index in [9.17, 15) is 4.39 Å². The summed E-state index contributed by atoms with van der Waals surface area (Å²) in [5.41, 5.74) is 9.84. The van der Waals surface area contributed by atoms with Gasteiger partial charge in [0.2, 0.25) is 5.89 Å². The molecule has 2 aromatic carbocycles. The van der Waals surface area contributed by atoms with Gasteiger partial charge >= 0.3 is 0 Å². The molecule has 182 valence electrons. The Bertz CT molecular complexity index is 1250. The molecule has 0 fully saturated rings. The third kappa shape index (κ3) is 6.23. The molecule has 0 amide bonds. The van der Waals surface area contributed by atoms with Gasteiger partial charge in [-0.1, -0.05) is 38.1 Å². The number of anilines is 1. The van der Waals surface area contributed by atoms with Crippen molar-refractivity contribution < 1.29 is 8.81 Å². The van der Waals surface area contributed by atoms with Crippen molar-refractivity contribution in [1.82, 2.24) is 25.5 Å². The van der Waals surface area contributed by atoms with Gasteiger partial charge in [0.15, 0.2) is 11.5 Å². The zero-order valence-electron chi connectivity index (χ0n) is 20.0. The van der Waals surface area contributed by atoms with Crippen molar-refractivity contribution in [2.45, 2.75) is 49.9 Å². The van der Waals surface area contributed by atoms with Crippen LogP contribution in [-0.2, 0) is 6.54 Å². The highest BCUT2D eigenvalue weighted by atomic mass is 32.2. The molecule has 9 heteroatoms. The molecule has 0 spiro atoms. The first-order chi connectivity index (χ1) is 17.0. The highest BCUT2D eigenvalue weighted by Crippen LogP contribution is 2.30. The van der Waals surface area contributed by atoms with E-state index in [4.69, 9.17) is 10.2 Å². The van der Waals surface area contributed by atoms with Crippen molar-refractivity contribution in [1.29, 1.82) is 0 Å². The van der Waals surface area contributed by atoms with E-state index in [2.05, 4.69) is 51.5 Å². The lowest BCUT2D eigenvalue weighted by atomic mass is 10.1. The Kier molecular flexibility index (Phi) is 8.09. The van der Waals surface area contributed by atoms with Crippen molar-refractivity contribution in [2.75, 3.05) is 12.4 Å². The maximum absolute atomic E-state index is 12.6. The maximum Gasteiger partial charge on any atom is 0.270 e. The minimum atomic E-state index is -0.404. The van der Waals surface area contributed by atoms with Gasteiger partial charge < -0.3 is 15.5 Å². The highest BCUT2D eigenvalue weighted by Gasteiger charge is 2.17. The molecule has 0 saturated heterocycles. The molecule has 4 aromatic rings. The molecule has 2 heterocycles. The molecule has 2 aromatic heterocycles. The van der Waals surface area contributed by atoms with Gasteiger partial charge in [0.25, 0.3) is 5.89 Å². The molecule has 0 saturated carbocycles. The number of nitrogens with two attached hydrogens (primary N) is 1. The van der Waals surface area contributed by atoms with Gasteiger partial charge in [0.05, 0.1) is 11.9 Å². The van der Waals surface area contributed by atoms with E-state index in [0.29, 0.717) is 29.1 Å². The minimum Gasteiger partial charge on any atom is -0.414 e. The summed E-state index contributed by atoms with van der Waals surface area (Å²) in [5.74, 6) is 0.782. The van der Waals surface area contributed by atoms with Crippen LogP contribution in [0.1, 0.15) is 32.8 Å². The van der Waals surface area contributed by atoms with Gasteiger partial charge in [0, 0.05) is 33.9 Å². The van der Waals surface area contributed by atoms with Gasteiger partial charge in [-0.3, -0.25) is 0 Å². The number of hydrogen-bond acceptors (Lipinski definition) is 8. The lowest BCUT2D eigenvalue weighted by molar-refractivity contribution is 0.391. The number of halogens is 1. The molecule has 0 radical (unpaired) electrons. The maximum atomic E-state index is 12.6. The van der Waals surface area contributed by atoms with Crippen molar-refractivity contribution in [2.24, 2.45) is 0 Å². The second-order valence-electron chi connectivity index (χ2n) is 8.40. The van der Waals surface area contributed by atoms with E-state index >= 15 is 0 Å². The normalized spacial score (nSPS) is 13.0. The van der Waals surface area contributed by atoms with Crippen molar-refractivity contribution in [3.8, 4) is 34.3 Å². The molecular weight excluding hydrogens is 463 g/mol. The average Bonchev–Trinajstić information content (AvgIpc) is 3.38. The van der Waals surface area contributed by atoms with Crippen LogP contribution in [0.3, 0.4) is 0 Å². The Balaban J connectivity index is 1.51. The summed E-state index contributed by atoms with van der Waals surface area (Å²) in [4.78, 5) is 10.2. The van der Waals surface area contributed by atoms with Gasteiger partial charge in [0.1, 0.15) is 6.67 Å². The lowest BCUT2D eigenvalue weighted by Crippen LogP contribution is -2.27. The van der Waals surface area contributed by atoms with Crippen LogP contribution in [0.2, 0.25) is 0 Å². The predicted octanol–water partition coefficient (Wildman–Crippen LogP) is 5.78. The Labute approximate surface area is 208 Å². The number of thioether (sulfide) groups is 1. The molecule has 0 aliphatic rings. The van der Waals surface area contributed by atoms with Crippen LogP contribution < -0.4 is 11.1 Å². The zero-order chi connectivity index (χ0) is 24.8. The average molecular weight is 493 g/mol. The monoisotopic (exact) mass is 492 g/mol. The molecule has 0 aliphatic carbocycles. The van der Waals surface area contributed by atoms with E-state index in [1.54, 1.807) is 13.1 Å². The van der Waals surface area contributed by atoms with E-state index in [1.807, 2.05) is 48.2 Å².